The average Bonchev–Trinajstić information content (AvgIpc) is 2.84. The van der Waals surface area contributed by atoms with Gasteiger partial charge in [0, 0.05) is 12.0 Å². The van der Waals surface area contributed by atoms with Gasteiger partial charge in [-0.3, -0.25) is 4.79 Å². The van der Waals surface area contributed by atoms with Crippen molar-refractivity contribution in [2.45, 2.75) is 110 Å². The number of unbranched alkanes of at least 4 members (excludes halogenated alkanes) is 14. The molecule has 0 amide bonds. The Hall–Kier alpha value is -1.83. The monoisotopic (exact) mass is 596 g/mol. The zero-order chi connectivity index (χ0) is 25.5. The summed E-state index contributed by atoms with van der Waals surface area (Å²) in [6, 6.07) is 8.27. The predicted octanol–water partition coefficient (Wildman–Crippen LogP) is 9.35. The molecule has 0 heterocycles. The largest absolute Gasteiger partial charge is 0.478 e. The third-order valence-electron chi connectivity index (χ3n) is 6.66. The molecule has 194 valence electrons. The maximum Gasteiger partial charge on any atom is 0.342 e. The summed E-state index contributed by atoms with van der Waals surface area (Å²) in [6.07, 6.45) is 18.8. The zero-order valence-corrected chi connectivity index (χ0v) is 23.3. The van der Waals surface area contributed by atoms with Crippen molar-refractivity contribution in [1.29, 1.82) is 0 Å². The van der Waals surface area contributed by atoms with Crippen LogP contribution < -0.4 is 0 Å². The first-order valence-corrected chi connectivity index (χ1v) is 16.2. The van der Waals surface area contributed by atoms with Crippen LogP contribution in [0, 0.1) is 3.57 Å². The van der Waals surface area contributed by atoms with Crippen molar-refractivity contribution in [1.82, 2.24) is 0 Å². The molecule has 0 spiro atoms. The van der Waals surface area contributed by atoms with Crippen molar-refractivity contribution in [3.8, 4) is 0 Å². The first-order valence-electron chi connectivity index (χ1n) is 13.3. The van der Waals surface area contributed by atoms with Gasteiger partial charge in [-0.1, -0.05) is 121 Å². The number of carbonyl (C=O) groups is 2. The number of rotatable bonds is 19. The molecule has 0 saturated carbocycles. The Labute approximate surface area is 217 Å². The number of halogens is 1. The molecule has 0 atom stereocenters. The van der Waals surface area contributed by atoms with Crippen LogP contribution in [0.2, 0.25) is 0 Å². The molecule has 0 aliphatic heterocycles. The lowest BCUT2D eigenvalue weighted by Crippen LogP contribution is -2.10. The highest BCUT2D eigenvalue weighted by Gasteiger charge is 2.25. The fourth-order valence-electron chi connectivity index (χ4n) is 4.69. The molecule has 2 aromatic rings. The van der Waals surface area contributed by atoms with E-state index in [-0.39, 0.29) is 26.9 Å². The Morgan fingerprint density at radius 3 is 1.71 bits per heavy atom. The van der Waals surface area contributed by atoms with Crippen LogP contribution in [0.3, 0.4) is 0 Å². The van der Waals surface area contributed by atoms with Gasteiger partial charge in [0.2, 0.25) is 0 Å². The summed E-state index contributed by atoms with van der Waals surface area (Å²) in [5.41, 5.74) is -0.222. The number of hydrogen-bond donors (Lipinski definition) is 1. The van der Waals surface area contributed by atoms with Crippen molar-refractivity contribution in [3.05, 3.63) is 45.0 Å². The third-order valence-corrected chi connectivity index (χ3v) is 8.66. The van der Waals surface area contributed by atoms with Crippen LogP contribution in [0.15, 0.2) is 30.3 Å². The third kappa shape index (κ3) is 9.98. The zero-order valence-electron chi connectivity index (χ0n) is 21.2. The van der Waals surface area contributed by atoms with Crippen LogP contribution in [-0.4, -0.2) is 16.9 Å². The Morgan fingerprint density at radius 1 is 0.743 bits per heavy atom. The number of aromatic carboxylic acids is 1. The van der Waals surface area contributed by atoms with Gasteiger partial charge in [0.15, 0.2) is 5.78 Å². The van der Waals surface area contributed by atoms with Crippen molar-refractivity contribution < 1.29 is 20.8 Å². The van der Waals surface area contributed by atoms with E-state index in [9.17, 15) is 20.8 Å². The molecule has 5 nitrogen and oxygen atoms in total. The Morgan fingerprint density at radius 2 is 1.23 bits per heavy atom. The van der Waals surface area contributed by atoms with Gasteiger partial charge in [0.05, 0.1) is 5.56 Å². The van der Waals surface area contributed by atoms with E-state index in [1.54, 1.807) is 30.3 Å². The summed E-state index contributed by atoms with van der Waals surface area (Å²) in [4.78, 5) is 24.7. The van der Waals surface area contributed by atoms with E-state index in [0.29, 0.717) is 17.2 Å². The molecule has 0 radical (unpaired) electrons. The molecule has 0 bridgehead atoms. The Kier molecular flexibility index (Phi) is 14.1. The summed E-state index contributed by atoms with van der Waals surface area (Å²) >= 11 is -4.20. The highest BCUT2D eigenvalue weighted by atomic mass is 127. The minimum Gasteiger partial charge on any atom is -0.478 e. The minimum absolute atomic E-state index is 0.0432. The Balaban J connectivity index is 1.71. The Bertz CT molecular complexity index is 1020. The van der Waals surface area contributed by atoms with Crippen molar-refractivity contribution in [3.63, 3.8) is 0 Å². The van der Waals surface area contributed by atoms with Gasteiger partial charge >= 0.3 is 25.8 Å². The predicted molar refractivity (Wildman–Crippen MR) is 149 cm³/mol. The molecule has 0 unspecified atom stereocenters. The van der Waals surface area contributed by atoms with Gasteiger partial charge in [0.1, 0.15) is 3.57 Å². The van der Waals surface area contributed by atoms with Crippen LogP contribution in [0.5, 0.6) is 0 Å². The molecule has 35 heavy (non-hydrogen) atoms. The molecule has 0 aliphatic carbocycles. The fourth-order valence-corrected chi connectivity index (χ4v) is 6.58. The number of fused-ring (bicyclic) bond motifs is 1. The lowest BCUT2D eigenvalue weighted by Gasteiger charge is -2.10. The van der Waals surface area contributed by atoms with Gasteiger partial charge in [-0.05, 0) is 23.3 Å². The van der Waals surface area contributed by atoms with E-state index >= 15 is 0 Å². The van der Waals surface area contributed by atoms with E-state index in [1.165, 1.54) is 70.6 Å². The standard InChI is InChI=1S/C29H41IO5/c1-2-3-4-5-6-7-8-9-10-11-12-13-14-15-16-21-26(31)25-22-23-19-17-18-20-24(23)27(29(32)33)28(25)30(34)35/h17-20,22H,2-16,21H2,1H3,(H,32,33). The SMILES string of the molecule is CCCCCCCCCCCCCCCCCC(=O)c1cc2ccccc2c(C(=O)O)c1I(=O)=O. The summed E-state index contributed by atoms with van der Waals surface area (Å²) in [6.45, 7) is 2.25. The normalized spacial score (nSPS) is 11.4. The van der Waals surface area contributed by atoms with E-state index in [1.807, 2.05) is 0 Å². The van der Waals surface area contributed by atoms with Crippen molar-refractivity contribution in [2.24, 2.45) is 0 Å². The number of ketones is 1. The molecule has 6 heteroatoms. The first kappa shape index (κ1) is 29.4. The average molecular weight is 597 g/mol. The molecule has 2 aromatic carbocycles. The molecular weight excluding hydrogens is 555 g/mol. The molecule has 0 aliphatic rings. The van der Waals surface area contributed by atoms with Gasteiger partial charge in [-0.2, -0.15) is 0 Å². The summed E-state index contributed by atoms with van der Waals surface area (Å²) in [7, 11) is 0. The van der Waals surface area contributed by atoms with Crippen molar-refractivity contribution in [2.75, 3.05) is 0 Å². The van der Waals surface area contributed by atoms with Crippen LogP contribution in [0.1, 0.15) is 130 Å². The van der Waals surface area contributed by atoms with Gasteiger partial charge < -0.3 is 5.11 Å². The van der Waals surface area contributed by atoms with Crippen LogP contribution in [-0.2, 0) is 6.14 Å². The second kappa shape index (κ2) is 16.8. The summed E-state index contributed by atoms with van der Waals surface area (Å²) < 4.78 is 23.8. The second-order valence-corrected chi connectivity index (χ2v) is 11.8. The highest BCUT2D eigenvalue weighted by Crippen LogP contribution is 2.33. The van der Waals surface area contributed by atoms with Gasteiger partial charge in [0.25, 0.3) is 0 Å². The fraction of sp³-hybridized carbons (Fsp3) is 0.586. The van der Waals surface area contributed by atoms with E-state index in [4.69, 9.17) is 0 Å². The van der Waals surface area contributed by atoms with E-state index in [2.05, 4.69) is 6.92 Å². The van der Waals surface area contributed by atoms with Crippen LogP contribution in [0.4, 0.5) is 0 Å². The maximum absolute atomic E-state index is 12.9. The van der Waals surface area contributed by atoms with E-state index < -0.39 is 25.8 Å². The van der Waals surface area contributed by atoms with Crippen molar-refractivity contribution >= 4 is 42.3 Å². The quantitative estimate of drug-likeness (QED) is 0.0992. The molecular formula is C29H41IO5. The van der Waals surface area contributed by atoms with Gasteiger partial charge in [-0.25, -0.2) is 10.9 Å². The highest BCUT2D eigenvalue weighted by molar-refractivity contribution is 14.2. The van der Waals surface area contributed by atoms with Gasteiger partial charge in [-0.15, -0.1) is 0 Å². The molecule has 0 fully saturated rings. The maximum atomic E-state index is 12.9. The first-order chi connectivity index (χ1) is 17.0. The lowest BCUT2D eigenvalue weighted by atomic mass is 9.96. The molecule has 2 rings (SSSR count). The molecule has 1 N–H and O–H groups in total. The lowest BCUT2D eigenvalue weighted by molar-refractivity contribution is 0.0697. The topological polar surface area (TPSA) is 88.5 Å². The smallest absolute Gasteiger partial charge is 0.342 e. The van der Waals surface area contributed by atoms with E-state index in [0.717, 1.165) is 19.3 Å². The summed E-state index contributed by atoms with van der Waals surface area (Å²) in [5.74, 6) is -1.59. The number of carboxylic acid groups (broad SMARTS) is 1. The van der Waals surface area contributed by atoms with Crippen LogP contribution >= 0.6 is 19.8 Å². The number of carbonyl (C=O) groups excluding carboxylic acids is 1. The number of benzene rings is 2. The summed E-state index contributed by atoms with van der Waals surface area (Å²) in [5, 5.41) is 10.6. The van der Waals surface area contributed by atoms with Crippen LogP contribution in [0.25, 0.3) is 10.8 Å². The molecule has 0 aromatic heterocycles. The molecule has 0 saturated heterocycles. The number of Topliss-reactive ketones (excluding diaryl/α,β-unsaturated/α-hetero) is 1. The second-order valence-electron chi connectivity index (χ2n) is 9.48. The minimum atomic E-state index is -4.20. The number of hydrogen-bond acceptors (Lipinski definition) is 4. The number of carboxylic acids is 1.